The molecule has 0 saturated carbocycles. The summed E-state index contributed by atoms with van der Waals surface area (Å²) in [5.41, 5.74) is 1.16. The molecule has 1 aromatic rings. The van der Waals surface area contributed by atoms with E-state index < -0.39 is 0 Å². The molecule has 92 valence electrons. The van der Waals surface area contributed by atoms with E-state index in [1.807, 2.05) is 4.68 Å². The number of halogens is 1. The Kier molecular flexibility index (Phi) is 5.49. The Morgan fingerprint density at radius 1 is 1.38 bits per heavy atom. The quantitative estimate of drug-likeness (QED) is 0.750. The van der Waals surface area contributed by atoms with Crippen LogP contribution in [0, 0.1) is 0 Å². The summed E-state index contributed by atoms with van der Waals surface area (Å²) in [6, 6.07) is 3.11. The summed E-state index contributed by atoms with van der Waals surface area (Å²) >= 11 is 3.49. The fraction of sp³-hybridized carbons (Fsp3) is 0.750. The standard InChI is InChI=1S/C12H22BrN3/c1-10(2)15(8-6-13)9-12-5-7-16(14-12)11(3)4/h5,7,10-11H,6,8-9H2,1-4H3. The molecule has 0 spiro atoms. The first-order valence-corrected chi connectivity index (χ1v) is 7.00. The van der Waals surface area contributed by atoms with Gasteiger partial charge in [-0.2, -0.15) is 5.10 Å². The van der Waals surface area contributed by atoms with Crippen LogP contribution in [0.25, 0.3) is 0 Å². The Morgan fingerprint density at radius 3 is 2.50 bits per heavy atom. The van der Waals surface area contributed by atoms with E-state index >= 15 is 0 Å². The lowest BCUT2D eigenvalue weighted by molar-refractivity contribution is 0.224. The molecule has 0 radical (unpaired) electrons. The zero-order chi connectivity index (χ0) is 12.1. The van der Waals surface area contributed by atoms with Gasteiger partial charge in [-0.05, 0) is 33.8 Å². The Morgan fingerprint density at radius 2 is 2.06 bits per heavy atom. The lowest BCUT2D eigenvalue weighted by atomic mass is 10.3. The van der Waals surface area contributed by atoms with Crippen LogP contribution < -0.4 is 0 Å². The van der Waals surface area contributed by atoms with Gasteiger partial charge in [0.05, 0.1) is 5.69 Å². The van der Waals surface area contributed by atoms with Crippen molar-refractivity contribution in [2.45, 2.75) is 46.3 Å². The highest BCUT2D eigenvalue weighted by Crippen LogP contribution is 2.09. The molecule has 1 rings (SSSR count). The molecule has 0 amide bonds. The minimum Gasteiger partial charge on any atom is -0.294 e. The molecule has 0 aliphatic carbocycles. The molecular weight excluding hydrogens is 266 g/mol. The third kappa shape index (κ3) is 3.91. The topological polar surface area (TPSA) is 21.1 Å². The summed E-state index contributed by atoms with van der Waals surface area (Å²) in [6.07, 6.45) is 2.06. The van der Waals surface area contributed by atoms with Crippen LogP contribution in [0.1, 0.15) is 39.4 Å². The average molecular weight is 288 g/mol. The second-order valence-corrected chi connectivity index (χ2v) is 5.43. The summed E-state index contributed by atoms with van der Waals surface area (Å²) in [4.78, 5) is 2.42. The average Bonchev–Trinajstić information content (AvgIpc) is 2.65. The van der Waals surface area contributed by atoms with E-state index in [0.29, 0.717) is 12.1 Å². The highest BCUT2D eigenvalue weighted by molar-refractivity contribution is 9.09. The van der Waals surface area contributed by atoms with E-state index in [-0.39, 0.29) is 0 Å². The van der Waals surface area contributed by atoms with Gasteiger partial charge < -0.3 is 0 Å². The first kappa shape index (κ1) is 13.7. The van der Waals surface area contributed by atoms with Crippen molar-refractivity contribution in [3.63, 3.8) is 0 Å². The van der Waals surface area contributed by atoms with Gasteiger partial charge in [-0.1, -0.05) is 15.9 Å². The highest BCUT2D eigenvalue weighted by Gasteiger charge is 2.11. The van der Waals surface area contributed by atoms with Crippen molar-refractivity contribution >= 4 is 15.9 Å². The van der Waals surface area contributed by atoms with Crippen molar-refractivity contribution in [1.82, 2.24) is 14.7 Å². The SMILES string of the molecule is CC(C)N(CCBr)Cc1ccn(C(C)C)n1. The lowest BCUT2D eigenvalue weighted by Gasteiger charge is -2.24. The van der Waals surface area contributed by atoms with Gasteiger partial charge in [0.1, 0.15) is 0 Å². The predicted molar refractivity (Wildman–Crippen MR) is 72.0 cm³/mol. The minimum absolute atomic E-state index is 0.442. The summed E-state index contributed by atoms with van der Waals surface area (Å²) < 4.78 is 2.02. The molecule has 0 bridgehead atoms. The molecule has 0 atom stereocenters. The van der Waals surface area contributed by atoms with Crippen LogP contribution >= 0.6 is 15.9 Å². The number of rotatable bonds is 6. The molecule has 16 heavy (non-hydrogen) atoms. The number of alkyl halides is 1. The van der Waals surface area contributed by atoms with E-state index in [1.54, 1.807) is 0 Å². The van der Waals surface area contributed by atoms with Gasteiger partial charge in [0, 0.05) is 36.7 Å². The van der Waals surface area contributed by atoms with Crippen molar-refractivity contribution in [3.8, 4) is 0 Å². The van der Waals surface area contributed by atoms with Gasteiger partial charge in [0.2, 0.25) is 0 Å². The third-order valence-electron chi connectivity index (χ3n) is 2.66. The van der Waals surface area contributed by atoms with Crippen molar-refractivity contribution in [2.75, 3.05) is 11.9 Å². The molecule has 0 aromatic carbocycles. The van der Waals surface area contributed by atoms with E-state index in [4.69, 9.17) is 0 Å². The largest absolute Gasteiger partial charge is 0.294 e. The minimum atomic E-state index is 0.442. The lowest BCUT2D eigenvalue weighted by Crippen LogP contribution is -2.32. The molecule has 0 fully saturated rings. The van der Waals surface area contributed by atoms with Gasteiger partial charge in [-0.3, -0.25) is 9.58 Å². The zero-order valence-electron chi connectivity index (χ0n) is 10.7. The molecule has 1 heterocycles. The predicted octanol–water partition coefficient (Wildman–Crippen LogP) is 3.07. The van der Waals surface area contributed by atoms with Crippen molar-refractivity contribution in [1.29, 1.82) is 0 Å². The fourth-order valence-electron chi connectivity index (χ4n) is 1.59. The molecular formula is C12H22BrN3. The smallest absolute Gasteiger partial charge is 0.0764 e. The Bertz CT molecular complexity index is 307. The van der Waals surface area contributed by atoms with E-state index in [0.717, 1.165) is 24.1 Å². The van der Waals surface area contributed by atoms with Gasteiger partial charge in [-0.15, -0.1) is 0 Å². The maximum Gasteiger partial charge on any atom is 0.0764 e. The summed E-state index contributed by atoms with van der Waals surface area (Å²) in [5.74, 6) is 0. The van der Waals surface area contributed by atoms with E-state index in [2.05, 4.69) is 65.9 Å². The summed E-state index contributed by atoms with van der Waals surface area (Å²) in [7, 11) is 0. The molecule has 1 aromatic heterocycles. The molecule has 0 N–H and O–H groups in total. The molecule has 0 aliphatic heterocycles. The normalized spacial score (nSPS) is 12.0. The maximum atomic E-state index is 4.57. The molecule has 3 nitrogen and oxygen atoms in total. The molecule has 4 heteroatoms. The Balaban J connectivity index is 2.62. The number of nitrogens with zero attached hydrogens (tertiary/aromatic N) is 3. The van der Waals surface area contributed by atoms with Crippen molar-refractivity contribution in [3.05, 3.63) is 18.0 Å². The van der Waals surface area contributed by atoms with Crippen LogP contribution in [0.2, 0.25) is 0 Å². The monoisotopic (exact) mass is 287 g/mol. The first-order chi connectivity index (χ1) is 7.54. The number of hydrogen-bond donors (Lipinski definition) is 0. The van der Waals surface area contributed by atoms with Crippen LogP contribution in [0.3, 0.4) is 0 Å². The van der Waals surface area contributed by atoms with Crippen LogP contribution in [-0.2, 0) is 6.54 Å². The Hall–Kier alpha value is -0.350. The molecule has 0 unspecified atom stereocenters. The first-order valence-electron chi connectivity index (χ1n) is 5.88. The highest BCUT2D eigenvalue weighted by atomic mass is 79.9. The summed E-state index contributed by atoms with van der Waals surface area (Å²) in [6.45, 7) is 10.7. The van der Waals surface area contributed by atoms with Crippen LogP contribution in [-0.4, -0.2) is 32.6 Å². The van der Waals surface area contributed by atoms with Crippen LogP contribution in [0.4, 0.5) is 0 Å². The zero-order valence-corrected chi connectivity index (χ0v) is 12.2. The van der Waals surface area contributed by atoms with Gasteiger partial charge in [0.15, 0.2) is 0 Å². The van der Waals surface area contributed by atoms with Crippen LogP contribution in [0.15, 0.2) is 12.3 Å². The van der Waals surface area contributed by atoms with Gasteiger partial charge in [-0.25, -0.2) is 0 Å². The second kappa shape index (κ2) is 6.40. The van der Waals surface area contributed by atoms with E-state index in [9.17, 15) is 0 Å². The number of aromatic nitrogens is 2. The fourth-order valence-corrected chi connectivity index (χ4v) is 2.04. The van der Waals surface area contributed by atoms with E-state index in [1.165, 1.54) is 0 Å². The number of hydrogen-bond acceptors (Lipinski definition) is 2. The second-order valence-electron chi connectivity index (χ2n) is 4.63. The maximum absolute atomic E-state index is 4.57. The van der Waals surface area contributed by atoms with Gasteiger partial charge in [0.25, 0.3) is 0 Å². The Labute approximate surface area is 107 Å². The third-order valence-corrected chi connectivity index (χ3v) is 3.01. The summed E-state index contributed by atoms with van der Waals surface area (Å²) in [5, 5.41) is 5.58. The van der Waals surface area contributed by atoms with Crippen molar-refractivity contribution in [2.24, 2.45) is 0 Å². The van der Waals surface area contributed by atoms with Crippen LogP contribution in [0.5, 0.6) is 0 Å². The van der Waals surface area contributed by atoms with Gasteiger partial charge >= 0.3 is 0 Å². The van der Waals surface area contributed by atoms with Crippen molar-refractivity contribution < 1.29 is 0 Å². The molecule has 0 saturated heterocycles. The molecule has 0 aliphatic rings.